The molecule has 1 aromatic rings. The number of piperidine rings is 1. The van der Waals surface area contributed by atoms with E-state index in [1.165, 1.54) is 54.3 Å². The molecule has 0 spiro atoms. The number of halogens is 1. The molecule has 6 nitrogen and oxygen atoms in total. The number of nitrogens with one attached hydrogen (secondary N) is 1. The second-order valence-corrected chi connectivity index (χ2v) is 10.5. The number of quaternary nitrogens is 1. The Morgan fingerprint density at radius 2 is 1.72 bits per heavy atom. The highest BCUT2D eigenvalue weighted by Gasteiger charge is 2.38. The van der Waals surface area contributed by atoms with E-state index in [9.17, 15) is 17.6 Å². The first-order valence-corrected chi connectivity index (χ1v) is 12.3. The molecule has 1 N–H and O–H groups in total. The second-order valence-electron chi connectivity index (χ2n) is 8.60. The van der Waals surface area contributed by atoms with Crippen molar-refractivity contribution < 1.29 is 22.5 Å². The summed E-state index contributed by atoms with van der Waals surface area (Å²) in [6.45, 7) is 3.05. The SMILES string of the molecule is O=C(C[NH+]1CCN(S(=O)(=O)c2ccccc2F)CC1)N1CCC[C@H]2CCCC[C@@H]21. The Morgan fingerprint density at radius 3 is 2.48 bits per heavy atom. The number of hydrogen-bond acceptors (Lipinski definition) is 3. The molecule has 2 heterocycles. The first kappa shape index (κ1) is 20.8. The van der Waals surface area contributed by atoms with Gasteiger partial charge in [0.15, 0.2) is 6.54 Å². The van der Waals surface area contributed by atoms with Crippen molar-refractivity contribution in [3.05, 3.63) is 30.1 Å². The van der Waals surface area contributed by atoms with Gasteiger partial charge < -0.3 is 9.80 Å². The Bertz CT molecular complexity index is 837. The van der Waals surface area contributed by atoms with Crippen molar-refractivity contribution in [3.63, 3.8) is 0 Å². The number of rotatable bonds is 4. The molecular weight excluding hydrogens is 393 g/mol. The molecule has 3 fully saturated rings. The van der Waals surface area contributed by atoms with E-state index in [-0.39, 0.29) is 10.8 Å². The molecule has 1 amide bonds. The summed E-state index contributed by atoms with van der Waals surface area (Å²) in [6.07, 6.45) is 7.20. The zero-order valence-corrected chi connectivity index (χ0v) is 17.7. The van der Waals surface area contributed by atoms with Gasteiger partial charge in [0.25, 0.3) is 5.91 Å². The lowest BCUT2D eigenvalue weighted by atomic mass is 9.78. The van der Waals surface area contributed by atoms with Crippen LogP contribution in [0.25, 0.3) is 0 Å². The maximum Gasteiger partial charge on any atom is 0.278 e. The van der Waals surface area contributed by atoms with E-state index in [1.54, 1.807) is 0 Å². The molecular formula is C21H31FN3O3S+. The smallest absolute Gasteiger partial charge is 0.278 e. The summed E-state index contributed by atoms with van der Waals surface area (Å²) in [5.41, 5.74) is 0. The summed E-state index contributed by atoms with van der Waals surface area (Å²) < 4.78 is 40.8. The number of sulfonamides is 1. The summed E-state index contributed by atoms with van der Waals surface area (Å²) in [6, 6.07) is 5.91. The lowest BCUT2D eigenvalue weighted by molar-refractivity contribution is -0.896. The van der Waals surface area contributed by atoms with Crippen molar-refractivity contribution in [2.75, 3.05) is 39.3 Å². The van der Waals surface area contributed by atoms with E-state index < -0.39 is 15.8 Å². The second kappa shape index (κ2) is 8.70. The van der Waals surface area contributed by atoms with E-state index in [4.69, 9.17) is 0 Å². The Balaban J connectivity index is 1.34. The molecule has 2 atom stereocenters. The van der Waals surface area contributed by atoms with Crippen molar-refractivity contribution in [3.8, 4) is 0 Å². The number of carbonyl (C=O) groups is 1. The molecule has 2 aliphatic heterocycles. The van der Waals surface area contributed by atoms with Gasteiger partial charge in [-0.2, -0.15) is 4.31 Å². The fourth-order valence-electron chi connectivity index (χ4n) is 5.26. The highest BCUT2D eigenvalue weighted by Crippen LogP contribution is 2.35. The molecule has 1 aromatic carbocycles. The van der Waals surface area contributed by atoms with Crippen molar-refractivity contribution in [1.82, 2.24) is 9.21 Å². The summed E-state index contributed by atoms with van der Waals surface area (Å²) in [5, 5.41) is 0. The van der Waals surface area contributed by atoms with Crippen LogP contribution in [0.5, 0.6) is 0 Å². The van der Waals surface area contributed by atoms with Crippen LogP contribution in [0.1, 0.15) is 38.5 Å². The first-order chi connectivity index (χ1) is 14.0. The Hall–Kier alpha value is -1.51. The van der Waals surface area contributed by atoms with Crippen molar-refractivity contribution >= 4 is 15.9 Å². The number of piperazine rings is 1. The standard InChI is InChI=1S/C21H30FN3O3S/c22-18-8-2-4-10-20(18)29(27,28)24-14-12-23(13-15-24)16-21(26)25-11-5-7-17-6-1-3-9-19(17)25/h2,4,8,10,17,19H,1,3,5-7,9,11-16H2/p+1/t17-,19+/m1/s1. The highest BCUT2D eigenvalue weighted by atomic mass is 32.2. The van der Waals surface area contributed by atoms with Crippen molar-refractivity contribution in [2.24, 2.45) is 5.92 Å². The minimum absolute atomic E-state index is 0.210. The van der Waals surface area contributed by atoms with Gasteiger partial charge in [-0.25, -0.2) is 12.8 Å². The van der Waals surface area contributed by atoms with Gasteiger partial charge in [-0.3, -0.25) is 4.79 Å². The van der Waals surface area contributed by atoms with Crippen LogP contribution in [-0.2, 0) is 14.8 Å². The molecule has 0 radical (unpaired) electrons. The van der Waals surface area contributed by atoms with Crippen LogP contribution in [0.3, 0.4) is 0 Å². The summed E-state index contributed by atoms with van der Waals surface area (Å²) in [5.74, 6) is 0.158. The maximum atomic E-state index is 14.0. The van der Waals surface area contributed by atoms with Gasteiger partial charge in [-0.05, 0) is 43.7 Å². The number of benzene rings is 1. The van der Waals surface area contributed by atoms with E-state index in [1.807, 2.05) is 0 Å². The average Bonchev–Trinajstić information content (AvgIpc) is 2.74. The summed E-state index contributed by atoms with van der Waals surface area (Å²) in [4.78, 5) is 16.0. The molecule has 0 bridgehead atoms. The predicted octanol–water partition coefficient (Wildman–Crippen LogP) is 0.896. The number of carbonyl (C=O) groups excluding carboxylic acids is 1. The van der Waals surface area contributed by atoms with Gasteiger partial charge in [-0.1, -0.05) is 25.0 Å². The van der Waals surface area contributed by atoms with Gasteiger partial charge in [0.2, 0.25) is 10.0 Å². The van der Waals surface area contributed by atoms with Gasteiger partial charge in [0, 0.05) is 12.6 Å². The topological polar surface area (TPSA) is 62.1 Å². The predicted molar refractivity (Wildman–Crippen MR) is 107 cm³/mol. The van der Waals surface area contributed by atoms with E-state index in [2.05, 4.69) is 4.90 Å². The average molecular weight is 425 g/mol. The van der Waals surface area contributed by atoms with Crippen LogP contribution >= 0.6 is 0 Å². The van der Waals surface area contributed by atoms with Crippen LogP contribution in [0.2, 0.25) is 0 Å². The monoisotopic (exact) mass is 424 g/mol. The fourth-order valence-corrected chi connectivity index (χ4v) is 6.77. The fraction of sp³-hybridized carbons (Fsp3) is 0.667. The molecule has 29 heavy (non-hydrogen) atoms. The van der Waals surface area contributed by atoms with Crippen LogP contribution in [0.15, 0.2) is 29.2 Å². The van der Waals surface area contributed by atoms with Gasteiger partial charge in [-0.15, -0.1) is 0 Å². The molecule has 1 saturated carbocycles. The largest absolute Gasteiger partial charge is 0.335 e. The lowest BCUT2D eigenvalue weighted by Gasteiger charge is -2.44. The number of amides is 1. The Kier molecular flexibility index (Phi) is 6.22. The molecule has 2 saturated heterocycles. The summed E-state index contributed by atoms with van der Waals surface area (Å²) >= 11 is 0. The molecule has 4 rings (SSSR count). The van der Waals surface area contributed by atoms with Gasteiger partial charge in [0.1, 0.15) is 10.7 Å². The lowest BCUT2D eigenvalue weighted by Crippen LogP contribution is -3.15. The zero-order valence-electron chi connectivity index (χ0n) is 16.9. The Labute approximate surface area is 172 Å². The Morgan fingerprint density at radius 1 is 1.03 bits per heavy atom. The van der Waals surface area contributed by atoms with E-state index in [0.29, 0.717) is 44.7 Å². The molecule has 160 valence electrons. The van der Waals surface area contributed by atoms with Crippen LogP contribution in [0, 0.1) is 11.7 Å². The molecule has 1 aliphatic carbocycles. The number of hydrogen-bond donors (Lipinski definition) is 1. The third-order valence-corrected chi connectivity index (χ3v) is 8.78. The van der Waals surface area contributed by atoms with E-state index >= 15 is 0 Å². The quantitative estimate of drug-likeness (QED) is 0.781. The summed E-state index contributed by atoms with van der Waals surface area (Å²) in [7, 11) is -3.83. The number of nitrogens with zero attached hydrogens (tertiary/aromatic N) is 2. The molecule has 8 heteroatoms. The minimum atomic E-state index is -3.83. The third kappa shape index (κ3) is 4.34. The maximum absolute atomic E-state index is 14.0. The normalized spacial score (nSPS) is 26.9. The van der Waals surface area contributed by atoms with Gasteiger partial charge >= 0.3 is 0 Å². The number of fused-ring (bicyclic) bond motifs is 1. The third-order valence-electron chi connectivity index (χ3n) is 6.85. The highest BCUT2D eigenvalue weighted by molar-refractivity contribution is 7.89. The van der Waals surface area contributed by atoms with E-state index in [0.717, 1.165) is 24.3 Å². The van der Waals surface area contributed by atoms with Crippen molar-refractivity contribution in [2.45, 2.75) is 49.5 Å². The molecule has 3 aliphatic rings. The number of likely N-dealkylation sites (tertiary alicyclic amines) is 1. The van der Waals surface area contributed by atoms with Crippen LogP contribution in [-0.4, -0.2) is 68.8 Å². The minimum Gasteiger partial charge on any atom is -0.335 e. The zero-order chi connectivity index (χ0) is 20.4. The molecule has 0 unspecified atom stereocenters. The first-order valence-electron chi connectivity index (χ1n) is 10.8. The van der Waals surface area contributed by atoms with Gasteiger partial charge in [0.05, 0.1) is 26.2 Å². The molecule has 0 aromatic heterocycles. The van der Waals surface area contributed by atoms with Crippen LogP contribution in [0.4, 0.5) is 4.39 Å². The van der Waals surface area contributed by atoms with Crippen molar-refractivity contribution in [1.29, 1.82) is 0 Å². The van der Waals surface area contributed by atoms with Crippen LogP contribution < -0.4 is 4.90 Å².